The Kier molecular flexibility index (Phi) is 3.42. The maximum atomic E-state index is 11.9. The van der Waals surface area contributed by atoms with Gasteiger partial charge in [-0.1, -0.05) is 0 Å². The van der Waals surface area contributed by atoms with Gasteiger partial charge in [-0.15, -0.1) is 0 Å². The van der Waals surface area contributed by atoms with E-state index < -0.39 is 0 Å². The summed E-state index contributed by atoms with van der Waals surface area (Å²) in [7, 11) is 0. The van der Waals surface area contributed by atoms with Crippen molar-refractivity contribution in [3.05, 3.63) is 23.3 Å². The van der Waals surface area contributed by atoms with Gasteiger partial charge in [0.1, 0.15) is 6.10 Å². The molecule has 2 aliphatic heterocycles. The first kappa shape index (κ1) is 12.5. The van der Waals surface area contributed by atoms with Gasteiger partial charge >= 0.3 is 0 Å². The van der Waals surface area contributed by atoms with Gasteiger partial charge in [-0.05, 0) is 50.6 Å². The van der Waals surface area contributed by atoms with E-state index in [1.807, 2.05) is 19.1 Å². The molecule has 0 bridgehead atoms. The average Bonchev–Trinajstić information content (AvgIpc) is 2.41. The third kappa shape index (κ3) is 2.59. The summed E-state index contributed by atoms with van der Waals surface area (Å²) in [5, 5.41) is 3.32. The van der Waals surface area contributed by atoms with Gasteiger partial charge in [0.15, 0.2) is 17.3 Å². The van der Waals surface area contributed by atoms with E-state index in [1.165, 1.54) is 0 Å². The summed E-state index contributed by atoms with van der Waals surface area (Å²) in [6.07, 6.45) is 2.67. The number of Topliss-reactive ketones (excluding diaryl/α,β-unsaturated/α-hetero) is 1. The van der Waals surface area contributed by atoms with Crippen LogP contribution in [0.2, 0.25) is 0 Å². The number of ketones is 1. The van der Waals surface area contributed by atoms with E-state index in [1.54, 1.807) is 0 Å². The van der Waals surface area contributed by atoms with Crippen LogP contribution in [-0.2, 0) is 0 Å². The van der Waals surface area contributed by atoms with Crippen molar-refractivity contribution in [3.63, 3.8) is 0 Å². The number of piperidine rings is 1. The van der Waals surface area contributed by atoms with Crippen LogP contribution in [0, 0.1) is 6.92 Å². The molecule has 1 saturated heterocycles. The highest BCUT2D eigenvalue weighted by Gasteiger charge is 2.25. The van der Waals surface area contributed by atoms with Crippen molar-refractivity contribution in [2.24, 2.45) is 0 Å². The fraction of sp³-hybridized carbons (Fsp3) is 0.533. The van der Waals surface area contributed by atoms with Crippen molar-refractivity contribution in [1.29, 1.82) is 0 Å². The van der Waals surface area contributed by atoms with Crippen LogP contribution >= 0.6 is 0 Å². The smallest absolute Gasteiger partial charge is 0.171 e. The van der Waals surface area contributed by atoms with Crippen molar-refractivity contribution in [2.45, 2.75) is 32.3 Å². The fourth-order valence-corrected chi connectivity index (χ4v) is 2.66. The molecule has 1 N–H and O–H groups in total. The van der Waals surface area contributed by atoms with Crippen LogP contribution in [0.4, 0.5) is 0 Å². The van der Waals surface area contributed by atoms with Crippen LogP contribution in [0.1, 0.15) is 35.2 Å². The number of hydrogen-bond donors (Lipinski definition) is 1. The zero-order valence-electron chi connectivity index (χ0n) is 11.2. The van der Waals surface area contributed by atoms with Crippen molar-refractivity contribution < 1.29 is 14.3 Å². The first-order valence-corrected chi connectivity index (χ1v) is 6.92. The van der Waals surface area contributed by atoms with Crippen LogP contribution < -0.4 is 14.8 Å². The summed E-state index contributed by atoms with van der Waals surface area (Å²) >= 11 is 0. The third-order valence-electron chi connectivity index (χ3n) is 3.65. The number of ether oxygens (including phenoxy) is 2. The zero-order chi connectivity index (χ0) is 13.2. The summed E-state index contributed by atoms with van der Waals surface area (Å²) in [6.45, 7) is 4.41. The maximum absolute atomic E-state index is 11.9. The Bertz CT molecular complexity index is 492. The second-order valence-electron chi connectivity index (χ2n) is 5.23. The number of carbonyl (C=O) groups is 1. The second-order valence-corrected chi connectivity index (χ2v) is 5.23. The molecule has 102 valence electrons. The monoisotopic (exact) mass is 261 g/mol. The molecule has 3 rings (SSSR count). The Hall–Kier alpha value is -1.55. The highest BCUT2D eigenvalue weighted by molar-refractivity contribution is 6.00. The molecule has 1 aromatic carbocycles. The molecule has 0 radical (unpaired) electrons. The molecule has 0 aliphatic carbocycles. The number of aryl methyl sites for hydroxylation is 1. The highest BCUT2D eigenvalue weighted by Crippen LogP contribution is 2.37. The number of benzene rings is 1. The fourth-order valence-electron chi connectivity index (χ4n) is 2.66. The van der Waals surface area contributed by atoms with Crippen LogP contribution in [0.5, 0.6) is 11.5 Å². The van der Waals surface area contributed by atoms with E-state index in [9.17, 15) is 4.79 Å². The van der Waals surface area contributed by atoms with Gasteiger partial charge in [0.25, 0.3) is 0 Å². The minimum absolute atomic E-state index is 0.153. The topological polar surface area (TPSA) is 47.6 Å². The number of carbonyl (C=O) groups excluding carboxylic acids is 1. The summed E-state index contributed by atoms with van der Waals surface area (Å²) in [5.41, 5.74) is 1.72. The standard InChI is InChI=1S/C15H19NO3/c1-10-8-12-13(17)4-7-18-15(12)14(9-10)19-11-2-5-16-6-3-11/h8-9,11,16H,2-7H2,1H3. The molecule has 0 aromatic heterocycles. The Morgan fingerprint density at radius 1 is 1.32 bits per heavy atom. The number of fused-ring (bicyclic) bond motifs is 1. The molecule has 2 heterocycles. The van der Waals surface area contributed by atoms with Gasteiger partial charge in [-0.3, -0.25) is 4.79 Å². The van der Waals surface area contributed by atoms with E-state index >= 15 is 0 Å². The molecule has 1 fully saturated rings. The van der Waals surface area contributed by atoms with Crippen molar-refractivity contribution >= 4 is 5.78 Å². The van der Waals surface area contributed by atoms with E-state index in [2.05, 4.69) is 5.32 Å². The number of rotatable bonds is 2. The summed E-state index contributed by atoms with van der Waals surface area (Å²) in [5.74, 6) is 1.52. The molecule has 0 unspecified atom stereocenters. The number of nitrogens with one attached hydrogen (secondary N) is 1. The predicted octanol–water partition coefficient (Wildman–Crippen LogP) is 2.09. The van der Waals surface area contributed by atoms with Crippen LogP contribution in [0.15, 0.2) is 12.1 Å². The largest absolute Gasteiger partial charge is 0.488 e. The molecule has 0 saturated carbocycles. The van der Waals surface area contributed by atoms with Gasteiger partial charge in [0.2, 0.25) is 0 Å². The van der Waals surface area contributed by atoms with Gasteiger partial charge in [0.05, 0.1) is 12.2 Å². The molecule has 0 atom stereocenters. The Labute approximate surface area is 113 Å². The number of hydrogen-bond acceptors (Lipinski definition) is 4. The molecule has 1 aromatic rings. The van der Waals surface area contributed by atoms with Crippen molar-refractivity contribution in [1.82, 2.24) is 5.32 Å². The molecule has 2 aliphatic rings. The lowest BCUT2D eigenvalue weighted by atomic mass is 10.0. The average molecular weight is 261 g/mol. The SMILES string of the molecule is Cc1cc(OC2CCNCC2)c2c(c1)C(=O)CCO2. The first-order chi connectivity index (χ1) is 9.24. The maximum Gasteiger partial charge on any atom is 0.171 e. The lowest BCUT2D eigenvalue weighted by Gasteiger charge is -2.27. The third-order valence-corrected chi connectivity index (χ3v) is 3.65. The van der Waals surface area contributed by atoms with Gasteiger partial charge in [-0.2, -0.15) is 0 Å². The Morgan fingerprint density at radius 3 is 2.89 bits per heavy atom. The minimum atomic E-state index is 0.153. The lowest BCUT2D eigenvalue weighted by molar-refractivity contribution is 0.0921. The van der Waals surface area contributed by atoms with Gasteiger partial charge in [0, 0.05) is 6.42 Å². The van der Waals surface area contributed by atoms with E-state index in [0.29, 0.717) is 24.3 Å². The van der Waals surface area contributed by atoms with Crippen LogP contribution in [0.3, 0.4) is 0 Å². The normalized spacial score (nSPS) is 19.7. The molecular weight excluding hydrogens is 242 g/mol. The molecule has 19 heavy (non-hydrogen) atoms. The van der Waals surface area contributed by atoms with Crippen molar-refractivity contribution in [2.75, 3.05) is 19.7 Å². The Morgan fingerprint density at radius 2 is 2.11 bits per heavy atom. The summed E-state index contributed by atoms with van der Waals surface area (Å²) in [4.78, 5) is 11.9. The first-order valence-electron chi connectivity index (χ1n) is 6.92. The van der Waals surface area contributed by atoms with Crippen LogP contribution in [0.25, 0.3) is 0 Å². The van der Waals surface area contributed by atoms with Crippen LogP contribution in [-0.4, -0.2) is 31.6 Å². The second kappa shape index (κ2) is 5.21. The summed E-state index contributed by atoms with van der Waals surface area (Å²) < 4.78 is 11.7. The van der Waals surface area contributed by atoms with Gasteiger partial charge in [-0.25, -0.2) is 0 Å². The highest BCUT2D eigenvalue weighted by atomic mass is 16.5. The molecular formula is C15H19NO3. The van der Waals surface area contributed by atoms with Crippen molar-refractivity contribution in [3.8, 4) is 11.5 Å². The zero-order valence-corrected chi connectivity index (χ0v) is 11.2. The van der Waals surface area contributed by atoms with E-state index in [0.717, 1.165) is 37.2 Å². The van der Waals surface area contributed by atoms with E-state index in [4.69, 9.17) is 9.47 Å². The molecule has 4 heteroatoms. The minimum Gasteiger partial charge on any atom is -0.488 e. The summed E-state index contributed by atoms with van der Waals surface area (Å²) in [6, 6.07) is 3.87. The quantitative estimate of drug-likeness (QED) is 0.885. The molecule has 0 spiro atoms. The van der Waals surface area contributed by atoms with Gasteiger partial charge < -0.3 is 14.8 Å². The lowest BCUT2D eigenvalue weighted by Crippen LogP contribution is -2.34. The molecule has 4 nitrogen and oxygen atoms in total. The molecule has 0 amide bonds. The predicted molar refractivity (Wildman–Crippen MR) is 72.1 cm³/mol. The van der Waals surface area contributed by atoms with E-state index in [-0.39, 0.29) is 11.9 Å². The Balaban J connectivity index is 1.89.